The van der Waals surface area contributed by atoms with Gasteiger partial charge in [-0.15, -0.1) is 0 Å². The van der Waals surface area contributed by atoms with E-state index >= 15 is 0 Å². The number of alkyl halides is 3. The molecule has 2 heterocycles. The van der Waals surface area contributed by atoms with E-state index in [0.717, 1.165) is 40.3 Å². The number of nitrogens with zero attached hydrogens (tertiary/aromatic N) is 3. The maximum atomic E-state index is 12.8. The summed E-state index contributed by atoms with van der Waals surface area (Å²) in [6, 6.07) is 13.8. The molecular weight excluding hydrogens is 478 g/mol. The van der Waals surface area contributed by atoms with Gasteiger partial charge in [0.2, 0.25) is 0 Å². The third-order valence-corrected chi connectivity index (χ3v) is 5.77. The number of nitrogens with one attached hydrogen (secondary N) is 2. The molecule has 4 aromatic rings. The van der Waals surface area contributed by atoms with Gasteiger partial charge >= 0.3 is 6.18 Å². The quantitative estimate of drug-likeness (QED) is 0.284. The molecular formula is C24H22BClF3N5O. The van der Waals surface area contributed by atoms with E-state index in [0.29, 0.717) is 31.0 Å². The first-order valence-corrected chi connectivity index (χ1v) is 11.4. The van der Waals surface area contributed by atoms with Gasteiger partial charge in [0.05, 0.1) is 11.3 Å². The number of benzene rings is 2. The number of carbonyl (C=O) groups excluding carboxylic acids is 1. The van der Waals surface area contributed by atoms with Crippen molar-refractivity contribution in [2.75, 3.05) is 18.4 Å². The van der Waals surface area contributed by atoms with E-state index in [2.05, 4.69) is 15.7 Å². The Balaban J connectivity index is 1.34. The Labute approximate surface area is 205 Å². The van der Waals surface area contributed by atoms with E-state index < -0.39 is 17.6 Å². The van der Waals surface area contributed by atoms with E-state index in [-0.39, 0.29) is 5.56 Å². The molecule has 2 aromatic carbocycles. The molecule has 180 valence electrons. The molecule has 0 aliphatic carbocycles. The lowest BCUT2D eigenvalue weighted by Crippen LogP contribution is -2.25. The van der Waals surface area contributed by atoms with Crippen molar-refractivity contribution in [2.45, 2.75) is 19.0 Å². The number of fused-ring (bicyclic) bond motifs is 1. The summed E-state index contributed by atoms with van der Waals surface area (Å²) in [4.78, 5) is 16.9. The second-order valence-corrected chi connectivity index (χ2v) is 8.45. The molecule has 0 spiro atoms. The average Bonchev–Trinajstić information content (AvgIpc) is 3.21. The first-order chi connectivity index (χ1) is 16.7. The minimum Gasteiger partial charge on any atom is -0.370 e. The molecule has 11 heteroatoms. The number of aromatic nitrogens is 3. The summed E-state index contributed by atoms with van der Waals surface area (Å²) in [7, 11) is 1.93. The van der Waals surface area contributed by atoms with Crippen LogP contribution < -0.4 is 16.1 Å². The SMILES string of the molecule is Bc1cnn2c(NCCCCNC(=O)c3cccc(C(F)(F)F)c3)cc(-c3ccccc3Cl)nc12. The lowest BCUT2D eigenvalue weighted by atomic mass is 10.0. The summed E-state index contributed by atoms with van der Waals surface area (Å²) in [6.45, 7) is 0.938. The van der Waals surface area contributed by atoms with Crippen LogP contribution >= 0.6 is 11.6 Å². The van der Waals surface area contributed by atoms with Crippen LogP contribution in [0.5, 0.6) is 0 Å². The Hall–Kier alpha value is -3.53. The van der Waals surface area contributed by atoms with Crippen LogP contribution in [0, 0.1) is 0 Å². The minimum atomic E-state index is -4.49. The highest BCUT2D eigenvalue weighted by atomic mass is 35.5. The monoisotopic (exact) mass is 499 g/mol. The Morgan fingerprint density at radius 2 is 1.83 bits per heavy atom. The van der Waals surface area contributed by atoms with Crippen LogP contribution in [-0.4, -0.2) is 41.4 Å². The van der Waals surface area contributed by atoms with Crippen molar-refractivity contribution in [3.63, 3.8) is 0 Å². The highest BCUT2D eigenvalue weighted by molar-refractivity contribution is 6.36. The van der Waals surface area contributed by atoms with Gasteiger partial charge in [0.25, 0.3) is 5.91 Å². The van der Waals surface area contributed by atoms with E-state index in [1.54, 1.807) is 10.7 Å². The predicted molar refractivity (Wildman–Crippen MR) is 133 cm³/mol. The molecule has 35 heavy (non-hydrogen) atoms. The maximum absolute atomic E-state index is 12.8. The largest absolute Gasteiger partial charge is 0.416 e. The van der Waals surface area contributed by atoms with Gasteiger partial charge in [0.1, 0.15) is 13.7 Å². The second-order valence-electron chi connectivity index (χ2n) is 8.04. The van der Waals surface area contributed by atoms with Crippen molar-refractivity contribution < 1.29 is 18.0 Å². The molecule has 0 aliphatic heterocycles. The molecule has 2 aromatic heterocycles. The molecule has 2 N–H and O–H groups in total. The van der Waals surface area contributed by atoms with Crippen molar-refractivity contribution in [2.24, 2.45) is 0 Å². The Bertz CT molecular complexity index is 1360. The zero-order valence-electron chi connectivity index (χ0n) is 18.9. The molecule has 0 radical (unpaired) electrons. The van der Waals surface area contributed by atoms with Gasteiger partial charge in [0, 0.05) is 41.5 Å². The molecule has 0 bridgehead atoms. The normalized spacial score (nSPS) is 11.5. The number of rotatable bonds is 8. The van der Waals surface area contributed by atoms with Gasteiger partial charge in [-0.3, -0.25) is 4.79 Å². The lowest BCUT2D eigenvalue weighted by molar-refractivity contribution is -0.137. The Morgan fingerprint density at radius 1 is 1.06 bits per heavy atom. The number of anilines is 1. The van der Waals surface area contributed by atoms with Gasteiger partial charge in [-0.2, -0.15) is 22.8 Å². The number of halogens is 4. The first kappa shape index (κ1) is 24.6. The van der Waals surface area contributed by atoms with Gasteiger partial charge < -0.3 is 10.6 Å². The molecule has 4 rings (SSSR count). The Kier molecular flexibility index (Phi) is 7.30. The van der Waals surface area contributed by atoms with Crippen molar-refractivity contribution in [3.05, 3.63) is 76.9 Å². The van der Waals surface area contributed by atoms with Gasteiger partial charge in [-0.1, -0.05) is 35.9 Å². The maximum Gasteiger partial charge on any atom is 0.416 e. The fourth-order valence-corrected chi connectivity index (χ4v) is 3.85. The number of amides is 1. The van der Waals surface area contributed by atoms with Crippen molar-refractivity contribution >= 4 is 42.3 Å². The van der Waals surface area contributed by atoms with E-state index in [1.165, 1.54) is 12.1 Å². The topological polar surface area (TPSA) is 71.3 Å². The third-order valence-electron chi connectivity index (χ3n) is 5.45. The van der Waals surface area contributed by atoms with Crippen LogP contribution in [0.4, 0.5) is 19.0 Å². The number of hydrogen-bond acceptors (Lipinski definition) is 4. The molecule has 0 saturated heterocycles. The average molecular weight is 500 g/mol. The lowest BCUT2D eigenvalue weighted by Gasteiger charge is -2.12. The van der Waals surface area contributed by atoms with E-state index in [9.17, 15) is 18.0 Å². The van der Waals surface area contributed by atoms with Crippen molar-refractivity contribution in [1.29, 1.82) is 0 Å². The minimum absolute atomic E-state index is 0.0155. The molecule has 0 aliphatic rings. The summed E-state index contributed by atoms with van der Waals surface area (Å²) in [6.07, 6.45) is -1.39. The van der Waals surface area contributed by atoms with Gasteiger partial charge in [-0.05, 0) is 42.6 Å². The Morgan fingerprint density at radius 3 is 2.60 bits per heavy atom. The summed E-state index contributed by atoms with van der Waals surface area (Å²) in [5.41, 5.74) is 2.33. The van der Waals surface area contributed by atoms with E-state index in [4.69, 9.17) is 16.6 Å². The van der Waals surface area contributed by atoms with Crippen LogP contribution in [0.2, 0.25) is 5.02 Å². The second kappa shape index (κ2) is 10.4. The highest BCUT2D eigenvalue weighted by Crippen LogP contribution is 2.30. The summed E-state index contributed by atoms with van der Waals surface area (Å²) < 4.78 is 40.3. The zero-order chi connectivity index (χ0) is 25.0. The van der Waals surface area contributed by atoms with Crippen LogP contribution in [0.25, 0.3) is 16.9 Å². The number of carbonyl (C=O) groups is 1. The smallest absolute Gasteiger partial charge is 0.370 e. The highest BCUT2D eigenvalue weighted by Gasteiger charge is 2.30. The first-order valence-electron chi connectivity index (χ1n) is 11.0. The summed E-state index contributed by atoms with van der Waals surface area (Å²) in [5.74, 6) is 0.224. The summed E-state index contributed by atoms with van der Waals surface area (Å²) >= 11 is 6.37. The fourth-order valence-electron chi connectivity index (χ4n) is 3.61. The van der Waals surface area contributed by atoms with Gasteiger partial charge in [0.15, 0.2) is 5.65 Å². The standard InChI is InChI=1S/C24H22BClF3N5O/c25-18-14-32-34-21(13-20(33-22(18)34)17-8-1-2-9-19(17)26)30-10-3-4-11-31-23(35)15-6-5-7-16(12-15)24(27,28)29/h1-2,5-9,12-14,30H,3-4,10-11,25H2,(H,31,35). The number of unbranched alkanes of at least 4 members (excludes halogenated alkanes) is 1. The van der Waals surface area contributed by atoms with Crippen LogP contribution in [0.3, 0.4) is 0 Å². The van der Waals surface area contributed by atoms with Gasteiger partial charge in [-0.25, -0.2) is 4.98 Å². The molecule has 0 atom stereocenters. The predicted octanol–water partition coefficient (Wildman–Crippen LogP) is 3.95. The molecule has 0 saturated carbocycles. The molecule has 0 unspecified atom stereocenters. The fraction of sp³-hybridized carbons (Fsp3) is 0.208. The molecule has 6 nitrogen and oxygen atoms in total. The van der Waals surface area contributed by atoms with Crippen LogP contribution in [-0.2, 0) is 6.18 Å². The number of hydrogen-bond donors (Lipinski definition) is 2. The van der Waals surface area contributed by atoms with Crippen LogP contribution in [0.15, 0.2) is 60.8 Å². The van der Waals surface area contributed by atoms with Crippen LogP contribution in [0.1, 0.15) is 28.8 Å². The molecule has 1 amide bonds. The molecule has 0 fully saturated rings. The van der Waals surface area contributed by atoms with Crippen molar-refractivity contribution in [1.82, 2.24) is 19.9 Å². The van der Waals surface area contributed by atoms with E-state index in [1.807, 2.05) is 38.2 Å². The third kappa shape index (κ3) is 5.76. The van der Waals surface area contributed by atoms with Crippen molar-refractivity contribution in [3.8, 4) is 11.3 Å². The summed E-state index contributed by atoms with van der Waals surface area (Å²) in [5, 5.41) is 11.0. The zero-order valence-corrected chi connectivity index (χ0v) is 19.6.